The number of nitriles is 1. The van der Waals surface area contributed by atoms with Gasteiger partial charge in [-0.3, -0.25) is 4.79 Å². The van der Waals surface area contributed by atoms with E-state index in [9.17, 15) is 4.79 Å². The minimum absolute atomic E-state index is 0.0358. The van der Waals surface area contributed by atoms with E-state index in [0.717, 1.165) is 17.7 Å². The van der Waals surface area contributed by atoms with Gasteiger partial charge in [0.2, 0.25) is 5.91 Å². The van der Waals surface area contributed by atoms with Gasteiger partial charge in [0.15, 0.2) is 0 Å². The molecule has 0 bridgehead atoms. The van der Waals surface area contributed by atoms with Crippen molar-refractivity contribution in [2.75, 3.05) is 19.6 Å². The van der Waals surface area contributed by atoms with Crippen molar-refractivity contribution in [3.05, 3.63) is 35.4 Å². The Balaban J connectivity index is 2.05. The van der Waals surface area contributed by atoms with E-state index in [2.05, 4.69) is 11.4 Å². The lowest BCUT2D eigenvalue weighted by Gasteiger charge is -2.32. The molecule has 1 aliphatic rings. The summed E-state index contributed by atoms with van der Waals surface area (Å²) in [7, 11) is 0. The lowest BCUT2D eigenvalue weighted by molar-refractivity contribution is -0.132. The molecule has 0 aromatic heterocycles. The van der Waals surface area contributed by atoms with Gasteiger partial charge in [0, 0.05) is 19.6 Å². The fourth-order valence-corrected chi connectivity index (χ4v) is 2.22. The Kier molecular flexibility index (Phi) is 3.96. The van der Waals surface area contributed by atoms with Gasteiger partial charge in [-0.25, -0.2) is 0 Å². The average Bonchev–Trinajstić information content (AvgIpc) is 2.38. The minimum atomic E-state index is -0.337. The molecule has 1 atom stereocenters. The molecule has 1 amide bonds. The number of aryl methyl sites for hydroxylation is 1. The second-order valence-corrected chi connectivity index (χ2v) is 4.60. The van der Waals surface area contributed by atoms with Crippen LogP contribution < -0.4 is 5.32 Å². The van der Waals surface area contributed by atoms with Gasteiger partial charge >= 0.3 is 0 Å². The van der Waals surface area contributed by atoms with Crippen molar-refractivity contribution >= 4 is 5.91 Å². The number of hydrogen-bond acceptors (Lipinski definition) is 3. The van der Waals surface area contributed by atoms with E-state index in [1.54, 1.807) is 4.90 Å². The third-order valence-corrected chi connectivity index (χ3v) is 3.15. The van der Waals surface area contributed by atoms with Crippen molar-refractivity contribution in [2.24, 2.45) is 0 Å². The normalized spacial score (nSPS) is 19.3. The predicted molar refractivity (Wildman–Crippen MR) is 68.9 cm³/mol. The Morgan fingerprint density at radius 2 is 2.44 bits per heavy atom. The molecule has 1 aromatic carbocycles. The lowest BCUT2D eigenvalue weighted by Crippen LogP contribution is -2.53. The number of benzene rings is 1. The summed E-state index contributed by atoms with van der Waals surface area (Å²) in [5.41, 5.74) is 2.16. The van der Waals surface area contributed by atoms with Crippen molar-refractivity contribution in [1.29, 1.82) is 5.26 Å². The summed E-state index contributed by atoms with van der Waals surface area (Å²) in [6.45, 7) is 3.95. The molecule has 1 heterocycles. The number of carbonyl (C=O) groups excluding carboxylic acids is 1. The van der Waals surface area contributed by atoms with E-state index in [1.807, 2.05) is 31.2 Å². The van der Waals surface area contributed by atoms with Crippen LogP contribution in [0.3, 0.4) is 0 Å². The van der Waals surface area contributed by atoms with Gasteiger partial charge in [0.1, 0.15) is 6.04 Å². The van der Waals surface area contributed by atoms with Crippen LogP contribution in [0.4, 0.5) is 0 Å². The molecule has 0 saturated carbocycles. The summed E-state index contributed by atoms with van der Waals surface area (Å²) < 4.78 is 0. The first-order valence-electron chi connectivity index (χ1n) is 6.16. The first-order chi connectivity index (χ1) is 8.70. The molecule has 0 radical (unpaired) electrons. The van der Waals surface area contributed by atoms with E-state index < -0.39 is 0 Å². The van der Waals surface area contributed by atoms with Crippen LogP contribution in [0.25, 0.3) is 0 Å². The van der Waals surface area contributed by atoms with E-state index in [0.29, 0.717) is 19.5 Å². The molecule has 94 valence electrons. The first-order valence-corrected chi connectivity index (χ1v) is 6.16. The second kappa shape index (κ2) is 5.65. The molecule has 1 N–H and O–H groups in total. The fourth-order valence-electron chi connectivity index (χ4n) is 2.22. The van der Waals surface area contributed by atoms with E-state index in [4.69, 9.17) is 5.26 Å². The summed E-state index contributed by atoms with van der Waals surface area (Å²) in [5.74, 6) is 0.0358. The van der Waals surface area contributed by atoms with Crippen molar-refractivity contribution in [1.82, 2.24) is 10.2 Å². The number of amides is 1. The molecule has 4 heteroatoms. The Hall–Kier alpha value is -1.86. The molecule has 2 rings (SSSR count). The summed E-state index contributed by atoms with van der Waals surface area (Å²) in [5, 5.41) is 12.2. The highest BCUT2D eigenvalue weighted by Gasteiger charge is 2.25. The van der Waals surface area contributed by atoms with E-state index in [-0.39, 0.29) is 11.9 Å². The lowest BCUT2D eigenvalue weighted by atomic mass is 10.1. The molecule has 0 spiro atoms. The first kappa shape index (κ1) is 12.6. The summed E-state index contributed by atoms with van der Waals surface area (Å²) in [4.78, 5) is 13.9. The van der Waals surface area contributed by atoms with Gasteiger partial charge in [0.25, 0.3) is 0 Å². The topological polar surface area (TPSA) is 56.1 Å². The number of nitrogens with one attached hydrogen (secondary N) is 1. The molecule has 18 heavy (non-hydrogen) atoms. The Morgan fingerprint density at radius 3 is 3.17 bits per heavy atom. The Bertz CT molecular complexity index is 478. The van der Waals surface area contributed by atoms with Crippen molar-refractivity contribution in [3.63, 3.8) is 0 Å². The third-order valence-electron chi connectivity index (χ3n) is 3.15. The minimum Gasteiger partial charge on any atom is -0.324 e. The summed E-state index contributed by atoms with van der Waals surface area (Å²) in [6.07, 6.45) is 0.375. The van der Waals surface area contributed by atoms with Crippen LogP contribution >= 0.6 is 0 Å². The molecule has 4 nitrogen and oxygen atoms in total. The van der Waals surface area contributed by atoms with Gasteiger partial charge in [-0.2, -0.15) is 5.26 Å². The van der Waals surface area contributed by atoms with Crippen LogP contribution in [0, 0.1) is 18.3 Å². The largest absolute Gasteiger partial charge is 0.324 e. The van der Waals surface area contributed by atoms with Crippen LogP contribution in [0.15, 0.2) is 24.3 Å². The van der Waals surface area contributed by atoms with Gasteiger partial charge in [-0.05, 0) is 12.5 Å². The number of rotatable bonds is 2. The third kappa shape index (κ3) is 2.88. The Labute approximate surface area is 107 Å². The quantitative estimate of drug-likeness (QED) is 0.838. The standard InChI is InChI=1S/C14H17N3O/c1-11-3-2-4-12(7-11)8-14(18)17-6-5-16-10-13(17)9-15/h2-4,7,13,16H,5-6,8,10H2,1H3. The Morgan fingerprint density at radius 1 is 1.61 bits per heavy atom. The van der Waals surface area contributed by atoms with Gasteiger partial charge in [0.05, 0.1) is 12.5 Å². The number of carbonyl (C=O) groups is 1. The molecule has 1 saturated heterocycles. The number of nitrogens with zero attached hydrogens (tertiary/aromatic N) is 2. The SMILES string of the molecule is Cc1cccc(CC(=O)N2CCNCC2C#N)c1. The average molecular weight is 243 g/mol. The fraction of sp³-hybridized carbons (Fsp3) is 0.429. The molecule has 1 aromatic rings. The number of piperazine rings is 1. The molecular formula is C14H17N3O. The van der Waals surface area contributed by atoms with Crippen LogP contribution in [0.5, 0.6) is 0 Å². The van der Waals surface area contributed by atoms with Gasteiger partial charge in [-0.1, -0.05) is 29.8 Å². The highest BCUT2D eigenvalue weighted by molar-refractivity contribution is 5.79. The molecule has 1 aliphatic heterocycles. The maximum Gasteiger partial charge on any atom is 0.228 e. The van der Waals surface area contributed by atoms with E-state index >= 15 is 0 Å². The van der Waals surface area contributed by atoms with Crippen LogP contribution in [-0.4, -0.2) is 36.5 Å². The highest BCUT2D eigenvalue weighted by atomic mass is 16.2. The van der Waals surface area contributed by atoms with E-state index in [1.165, 1.54) is 0 Å². The van der Waals surface area contributed by atoms with Crippen LogP contribution in [0.2, 0.25) is 0 Å². The van der Waals surface area contributed by atoms with Crippen LogP contribution in [0.1, 0.15) is 11.1 Å². The van der Waals surface area contributed by atoms with Gasteiger partial charge in [-0.15, -0.1) is 0 Å². The summed E-state index contributed by atoms with van der Waals surface area (Å²) in [6, 6.07) is 9.77. The monoisotopic (exact) mass is 243 g/mol. The van der Waals surface area contributed by atoms with Crippen LogP contribution in [-0.2, 0) is 11.2 Å². The zero-order valence-corrected chi connectivity index (χ0v) is 10.5. The van der Waals surface area contributed by atoms with Crippen molar-refractivity contribution in [3.8, 4) is 6.07 Å². The second-order valence-electron chi connectivity index (χ2n) is 4.60. The smallest absolute Gasteiger partial charge is 0.228 e. The maximum atomic E-state index is 12.2. The van der Waals surface area contributed by atoms with Crippen molar-refractivity contribution < 1.29 is 4.79 Å². The molecule has 0 aliphatic carbocycles. The molecular weight excluding hydrogens is 226 g/mol. The predicted octanol–water partition coefficient (Wildman–Crippen LogP) is 0.861. The molecule has 1 unspecified atom stereocenters. The highest BCUT2D eigenvalue weighted by Crippen LogP contribution is 2.09. The number of hydrogen-bond donors (Lipinski definition) is 1. The maximum absolute atomic E-state index is 12.2. The zero-order chi connectivity index (χ0) is 13.0. The van der Waals surface area contributed by atoms with Crippen molar-refractivity contribution in [2.45, 2.75) is 19.4 Å². The zero-order valence-electron chi connectivity index (χ0n) is 10.5. The molecule has 1 fully saturated rings. The summed E-state index contributed by atoms with van der Waals surface area (Å²) >= 11 is 0. The van der Waals surface area contributed by atoms with Gasteiger partial charge < -0.3 is 10.2 Å².